The molecule has 0 saturated heterocycles. The molecule has 0 rings (SSSR count). The topological polar surface area (TPSA) is 27.7 Å². The number of unbranched alkanes of at least 4 members (excludes halogenated alkanes) is 2. The van der Waals surface area contributed by atoms with Crippen molar-refractivity contribution in [1.82, 2.24) is 0 Å². The Bertz CT molecular complexity index is 236. The van der Waals surface area contributed by atoms with Gasteiger partial charge >= 0.3 is 9.28 Å². The molecule has 5 heteroatoms. The van der Waals surface area contributed by atoms with E-state index in [1.807, 2.05) is 11.8 Å². The fourth-order valence-corrected chi connectivity index (χ4v) is 2.79. The predicted molar refractivity (Wildman–Crippen MR) is 98.6 cm³/mol. The maximum absolute atomic E-state index is 5.71. The van der Waals surface area contributed by atoms with Crippen molar-refractivity contribution >= 4 is 17.6 Å². The van der Waals surface area contributed by atoms with Gasteiger partial charge in [0, 0.05) is 26.4 Å². The van der Waals surface area contributed by atoms with Crippen molar-refractivity contribution in [2.24, 2.45) is 0 Å². The zero-order valence-corrected chi connectivity index (χ0v) is 17.0. The summed E-state index contributed by atoms with van der Waals surface area (Å²) in [5, 5.41) is 0. The smallest absolute Gasteiger partial charge is 0.325 e. The van der Waals surface area contributed by atoms with Gasteiger partial charge in [-0.1, -0.05) is 38.5 Å². The van der Waals surface area contributed by atoms with Gasteiger partial charge in [-0.2, -0.15) is 0 Å². The predicted octanol–water partition coefficient (Wildman–Crippen LogP) is 4.59. The number of allylic oxidation sites excluding steroid dienone is 1. The van der Waals surface area contributed by atoms with Crippen LogP contribution in [-0.2, 0) is 13.3 Å². The summed E-state index contributed by atoms with van der Waals surface area (Å²) in [6.45, 7) is 17.6. The van der Waals surface area contributed by atoms with Crippen LogP contribution in [-0.4, -0.2) is 37.9 Å². The van der Waals surface area contributed by atoms with E-state index in [-0.39, 0.29) is 0 Å². The van der Waals surface area contributed by atoms with Crippen LogP contribution in [0.25, 0.3) is 0 Å². The van der Waals surface area contributed by atoms with Crippen LogP contribution >= 0.6 is 0 Å². The molecular formula is C16H36O3Si2. The highest BCUT2D eigenvalue weighted by molar-refractivity contribution is 6.76. The summed E-state index contributed by atoms with van der Waals surface area (Å²) < 4.78 is 16.5. The summed E-state index contributed by atoms with van der Waals surface area (Å²) >= 11 is 0. The first-order chi connectivity index (χ1) is 9.97. The van der Waals surface area contributed by atoms with Crippen LogP contribution < -0.4 is 0 Å². The van der Waals surface area contributed by atoms with Crippen LogP contribution in [0.3, 0.4) is 0 Å². The van der Waals surface area contributed by atoms with Crippen molar-refractivity contribution in [3.05, 3.63) is 24.9 Å². The highest BCUT2D eigenvalue weighted by Gasteiger charge is 2.13. The van der Waals surface area contributed by atoms with Gasteiger partial charge in [-0.25, -0.2) is 0 Å². The highest BCUT2D eigenvalue weighted by atomic mass is 28.4. The molecule has 0 aromatic carbocycles. The summed E-state index contributed by atoms with van der Waals surface area (Å²) in [7, 11) is -1.07. The van der Waals surface area contributed by atoms with E-state index < -0.39 is 17.6 Å². The maximum Gasteiger partial charge on any atom is 0.325 e. The van der Waals surface area contributed by atoms with E-state index in [0.29, 0.717) is 0 Å². The molecule has 0 aliphatic rings. The summed E-state index contributed by atoms with van der Waals surface area (Å²) in [4.78, 5) is 0. The zero-order valence-electron chi connectivity index (χ0n) is 14.8. The monoisotopic (exact) mass is 332 g/mol. The molecule has 0 fully saturated rings. The molecule has 0 aromatic heterocycles. The Hall–Kier alpha value is -0.206. The van der Waals surface area contributed by atoms with Crippen LogP contribution in [0.5, 0.6) is 0 Å². The molecule has 0 aliphatic heterocycles. The van der Waals surface area contributed by atoms with Gasteiger partial charge in [-0.3, -0.25) is 0 Å². The molecule has 0 unspecified atom stereocenters. The molecule has 0 N–H and O–H groups in total. The second-order valence-corrected chi connectivity index (χ2v) is 11.4. The first kappa shape index (κ1) is 23.1. The molecule has 0 atom stereocenters. The normalized spacial score (nSPS) is 11.0. The first-order valence-electron chi connectivity index (χ1n) is 8.00. The summed E-state index contributed by atoms with van der Waals surface area (Å²) in [5.74, 6) is 0. The molecule has 0 saturated carbocycles. The molecule has 0 aliphatic carbocycles. The molecule has 0 aromatic rings. The molecule has 0 bridgehead atoms. The largest absolute Gasteiger partial charge is 0.417 e. The minimum Gasteiger partial charge on any atom is -0.417 e. The second kappa shape index (κ2) is 16.2. The van der Waals surface area contributed by atoms with Gasteiger partial charge in [0.1, 0.15) is 0 Å². The van der Waals surface area contributed by atoms with E-state index >= 15 is 0 Å². The van der Waals surface area contributed by atoms with Crippen molar-refractivity contribution in [2.45, 2.75) is 58.7 Å². The standard InChI is InChI=1S/C11H24O2Si.C5H12OSi/c1-4-7-9-12-14(11-6-3)13-10-8-5-2;1-5-7(3,4)6-2/h6,14H,3-5,7-11H2,1-2H3;5H,1H2,2-4H3. The van der Waals surface area contributed by atoms with Crippen LogP contribution in [0.15, 0.2) is 24.9 Å². The van der Waals surface area contributed by atoms with Crippen LogP contribution in [0.1, 0.15) is 39.5 Å². The summed E-state index contributed by atoms with van der Waals surface area (Å²) in [6.07, 6.45) is 6.55. The van der Waals surface area contributed by atoms with E-state index in [4.69, 9.17) is 13.3 Å². The third-order valence-corrected chi connectivity index (χ3v) is 6.95. The summed E-state index contributed by atoms with van der Waals surface area (Å²) in [6, 6.07) is 0.924. The average Bonchev–Trinajstić information content (AvgIpc) is 2.48. The third-order valence-electron chi connectivity index (χ3n) is 2.98. The third kappa shape index (κ3) is 17.7. The van der Waals surface area contributed by atoms with Crippen molar-refractivity contribution in [1.29, 1.82) is 0 Å². The Morgan fingerprint density at radius 2 is 1.48 bits per heavy atom. The van der Waals surface area contributed by atoms with Crippen molar-refractivity contribution in [3.8, 4) is 0 Å². The van der Waals surface area contributed by atoms with E-state index in [0.717, 1.165) is 32.1 Å². The zero-order chi connectivity index (χ0) is 16.6. The number of hydrogen-bond donors (Lipinski definition) is 0. The van der Waals surface area contributed by atoms with Crippen LogP contribution in [0, 0.1) is 0 Å². The molecule has 0 heterocycles. The molecule has 0 radical (unpaired) electrons. The van der Waals surface area contributed by atoms with E-state index in [1.54, 1.807) is 7.11 Å². The fraction of sp³-hybridized carbons (Fsp3) is 0.750. The van der Waals surface area contributed by atoms with Crippen LogP contribution in [0.4, 0.5) is 0 Å². The van der Waals surface area contributed by atoms with Crippen molar-refractivity contribution < 1.29 is 13.3 Å². The minimum absolute atomic E-state index is 0.855. The van der Waals surface area contributed by atoms with E-state index in [9.17, 15) is 0 Å². The Morgan fingerprint density at radius 1 is 1.00 bits per heavy atom. The van der Waals surface area contributed by atoms with Gasteiger partial charge in [-0.15, -0.1) is 13.2 Å². The molecule has 3 nitrogen and oxygen atoms in total. The number of rotatable bonds is 12. The quantitative estimate of drug-likeness (QED) is 0.297. The van der Waals surface area contributed by atoms with Gasteiger partial charge in [0.2, 0.25) is 8.32 Å². The Balaban J connectivity index is 0. The fourth-order valence-electron chi connectivity index (χ4n) is 1.12. The van der Waals surface area contributed by atoms with E-state index in [2.05, 4.69) is 40.1 Å². The van der Waals surface area contributed by atoms with E-state index in [1.165, 1.54) is 12.8 Å². The first-order valence-corrected chi connectivity index (χ1v) is 12.7. The molecule has 21 heavy (non-hydrogen) atoms. The minimum atomic E-state index is -1.42. The van der Waals surface area contributed by atoms with Crippen molar-refractivity contribution in [3.63, 3.8) is 0 Å². The Kier molecular flexibility index (Phi) is 17.8. The molecule has 126 valence electrons. The Labute approximate surface area is 135 Å². The lowest BCUT2D eigenvalue weighted by Gasteiger charge is -2.14. The summed E-state index contributed by atoms with van der Waals surface area (Å²) in [5.41, 5.74) is 1.91. The molecule has 0 spiro atoms. The second-order valence-electron chi connectivity index (χ2n) is 5.41. The van der Waals surface area contributed by atoms with Gasteiger partial charge in [-0.05, 0) is 25.9 Å². The average molecular weight is 333 g/mol. The lowest BCUT2D eigenvalue weighted by atomic mass is 10.4. The van der Waals surface area contributed by atoms with Crippen LogP contribution in [0.2, 0.25) is 19.1 Å². The molecule has 0 amide bonds. The SMILES string of the molecule is C=CC[SiH](OCCCC)OCCCC.C=C[Si](C)(C)OC. The highest BCUT2D eigenvalue weighted by Crippen LogP contribution is 2.02. The maximum atomic E-state index is 5.71. The Morgan fingerprint density at radius 3 is 1.71 bits per heavy atom. The lowest BCUT2D eigenvalue weighted by Crippen LogP contribution is -2.24. The van der Waals surface area contributed by atoms with Gasteiger partial charge in [0.15, 0.2) is 0 Å². The van der Waals surface area contributed by atoms with Crippen molar-refractivity contribution in [2.75, 3.05) is 20.3 Å². The van der Waals surface area contributed by atoms with Gasteiger partial charge in [0.25, 0.3) is 0 Å². The molecular weight excluding hydrogens is 296 g/mol. The number of hydrogen-bond acceptors (Lipinski definition) is 3. The van der Waals surface area contributed by atoms with Gasteiger partial charge < -0.3 is 13.3 Å². The lowest BCUT2D eigenvalue weighted by molar-refractivity contribution is 0.194. The van der Waals surface area contributed by atoms with Gasteiger partial charge in [0.05, 0.1) is 0 Å².